The van der Waals surface area contributed by atoms with E-state index in [-0.39, 0.29) is 29.7 Å². The maximum atomic E-state index is 12.5. The van der Waals surface area contributed by atoms with E-state index in [2.05, 4.69) is 25.5 Å². The predicted molar refractivity (Wildman–Crippen MR) is 110 cm³/mol. The molecule has 0 spiro atoms. The van der Waals surface area contributed by atoms with Crippen LogP contribution in [0.3, 0.4) is 0 Å². The van der Waals surface area contributed by atoms with Gasteiger partial charge in [0.2, 0.25) is 5.91 Å². The Balaban J connectivity index is 1.55. The average molecular weight is 406 g/mol. The number of nitrogens with one attached hydrogen (secondary N) is 1. The molecule has 2 aliphatic rings. The van der Waals surface area contributed by atoms with Crippen LogP contribution in [0.25, 0.3) is 5.82 Å². The minimum atomic E-state index is -0.286. The molecular weight excluding hydrogens is 384 g/mol. The number of fused-ring (bicyclic) bond motifs is 1. The van der Waals surface area contributed by atoms with Gasteiger partial charge in [0, 0.05) is 31.0 Å². The Kier molecular flexibility index (Phi) is 4.30. The maximum absolute atomic E-state index is 12.5. The zero-order valence-corrected chi connectivity index (χ0v) is 16.5. The minimum Gasteiger partial charge on any atom is -0.504 e. The molecule has 0 aliphatic carbocycles. The Morgan fingerprint density at radius 2 is 1.77 bits per heavy atom. The van der Waals surface area contributed by atoms with Crippen LogP contribution in [-0.4, -0.2) is 49.2 Å². The quantitative estimate of drug-likeness (QED) is 0.572. The normalized spacial score (nSPS) is 18.4. The molecule has 1 amide bonds. The summed E-state index contributed by atoms with van der Waals surface area (Å²) in [6, 6.07) is 8.42. The van der Waals surface area contributed by atoms with Crippen molar-refractivity contribution in [3.05, 3.63) is 47.2 Å². The van der Waals surface area contributed by atoms with Gasteiger partial charge in [-0.3, -0.25) is 4.79 Å². The second-order valence-electron chi connectivity index (χ2n) is 7.76. The van der Waals surface area contributed by atoms with Crippen LogP contribution < -0.4 is 10.2 Å². The number of carbonyl (C=O) groups excluding carboxylic acids is 1. The van der Waals surface area contributed by atoms with Crippen molar-refractivity contribution < 1.29 is 15.0 Å². The first-order valence-electron chi connectivity index (χ1n) is 10.0. The number of nitrogens with zero attached hydrogens (tertiary/aromatic N) is 5. The molecule has 9 heteroatoms. The number of phenolic OH excluding ortho intramolecular Hbond substituents is 2. The Bertz CT molecular complexity index is 1120. The molecule has 1 unspecified atom stereocenters. The number of hydrogen-bond acceptors (Lipinski definition) is 7. The van der Waals surface area contributed by atoms with Crippen LogP contribution in [0.5, 0.6) is 11.5 Å². The smallest absolute Gasteiger partial charge is 0.226 e. The van der Waals surface area contributed by atoms with E-state index in [1.54, 1.807) is 10.7 Å². The summed E-state index contributed by atoms with van der Waals surface area (Å²) in [6.07, 6.45) is 2.55. The fraction of sp³-hybridized carbons (Fsp3) is 0.333. The lowest BCUT2D eigenvalue weighted by molar-refractivity contribution is -0.116. The number of benzene rings is 1. The molecule has 1 saturated heterocycles. The number of hydrogen-bond donors (Lipinski definition) is 3. The van der Waals surface area contributed by atoms with Crippen molar-refractivity contribution in [3.8, 4) is 17.3 Å². The van der Waals surface area contributed by atoms with Crippen LogP contribution >= 0.6 is 0 Å². The van der Waals surface area contributed by atoms with Gasteiger partial charge in [0.1, 0.15) is 5.82 Å². The van der Waals surface area contributed by atoms with Crippen molar-refractivity contribution in [2.24, 2.45) is 0 Å². The number of carbonyl (C=O) groups is 1. The lowest BCUT2D eigenvalue weighted by atomic mass is 9.85. The van der Waals surface area contributed by atoms with E-state index >= 15 is 0 Å². The predicted octanol–water partition coefficient (Wildman–Crippen LogP) is 2.46. The topological polar surface area (TPSA) is 116 Å². The lowest BCUT2D eigenvalue weighted by Gasteiger charge is -2.24. The van der Waals surface area contributed by atoms with Gasteiger partial charge < -0.3 is 20.4 Å². The van der Waals surface area contributed by atoms with Gasteiger partial charge in [-0.25, -0.2) is 0 Å². The molecule has 0 radical (unpaired) electrons. The van der Waals surface area contributed by atoms with Crippen molar-refractivity contribution in [2.45, 2.75) is 32.1 Å². The molecule has 1 fully saturated rings. The highest BCUT2D eigenvalue weighted by Gasteiger charge is 2.33. The zero-order valence-electron chi connectivity index (χ0n) is 16.5. The summed E-state index contributed by atoms with van der Waals surface area (Å²) < 4.78 is 1.61. The molecule has 3 N–H and O–H groups in total. The first kappa shape index (κ1) is 18.4. The van der Waals surface area contributed by atoms with Gasteiger partial charge >= 0.3 is 0 Å². The molecule has 9 nitrogen and oxygen atoms in total. The first-order valence-corrected chi connectivity index (χ1v) is 10.0. The van der Waals surface area contributed by atoms with Crippen molar-refractivity contribution in [1.82, 2.24) is 20.0 Å². The van der Waals surface area contributed by atoms with Gasteiger partial charge in [-0.2, -0.15) is 9.78 Å². The molecule has 0 saturated carbocycles. The van der Waals surface area contributed by atoms with E-state index in [0.717, 1.165) is 48.6 Å². The standard InChI is InChI=1S/C21H22N6O3/c1-12-20-14(13-4-5-15(28)16(29)10-13)11-19(30)22-21(20)27(25-12)18-7-6-17(23-24-18)26-8-2-3-9-26/h4-7,10,14,28-29H,2-3,8-9,11H2,1H3,(H,22,30). The maximum Gasteiger partial charge on any atom is 0.226 e. The zero-order chi connectivity index (χ0) is 20.8. The van der Waals surface area contributed by atoms with Gasteiger partial charge in [-0.15, -0.1) is 10.2 Å². The highest BCUT2D eigenvalue weighted by atomic mass is 16.3. The van der Waals surface area contributed by atoms with Gasteiger partial charge in [0.05, 0.1) is 5.69 Å². The van der Waals surface area contributed by atoms with E-state index in [4.69, 9.17) is 0 Å². The number of aromatic hydroxyl groups is 2. The van der Waals surface area contributed by atoms with E-state index in [0.29, 0.717) is 11.6 Å². The molecule has 154 valence electrons. The Hall–Kier alpha value is -3.62. The van der Waals surface area contributed by atoms with E-state index in [9.17, 15) is 15.0 Å². The summed E-state index contributed by atoms with van der Waals surface area (Å²) >= 11 is 0. The number of amides is 1. The number of anilines is 2. The second-order valence-corrected chi connectivity index (χ2v) is 7.76. The van der Waals surface area contributed by atoms with E-state index in [1.165, 1.54) is 12.1 Å². The summed E-state index contributed by atoms with van der Waals surface area (Å²) in [7, 11) is 0. The molecule has 1 atom stereocenters. The van der Waals surface area contributed by atoms with Crippen molar-refractivity contribution >= 4 is 17.5 Å². The largest absolute Gasteiger partial charge is 0.504 e. The summed E-state index contributed by atoms with van der Waals surface area (Å²) in [5.74, 6) is 1.08. The molecule has 30 heavy (non-hydrogen) atoms. The summed E-state index contributed by atoms with van der Waals surface area (Å²) in [5, 5.41) is 35.8. The van der Waals surface area contributed by atoms with Gasteiger partial charge in [-0.05, 0) is 49.6 Å². The number of aromatic nitrogens is 4. The van der Waals surface area contributed by atoms with Crippen LogP contribution in [0.2, 0.25) is 0 Å². The summed E-state index contributed by atoms with van der Waals surface area (Å²) in [4.78, 5) is 14.7. The van der Waals surface area contributed by atoms with Crippen molar-refractivity contribution in [2.75, 3.05) is 23.3 Å². The van der Waals surface area contributed by atoms with E-state index < -0.39 is 0 Å². The second kappa shape index (κ2) is 7.01. The Morgan fingerprint density at radius 1 is 1.03 bits per heavy atom. The van der Waals surface area contributed by atoms with Crippen LogP contribution in [0.1, 0.15) is 42.0 Å². The van der Waals surface area contributed by atoms with Gasteiger partial charge in [0.25, 0.3) is 0 Å². The molecule has 2 aliphatic heterocycles. The average Bonchev–Trinajstić information content (AvgIpc) is 3.38. The molecule has 0 bridgehead atoms. The highest BCUT2D eigenvalue weighted by molar-refractivity contribution is 5.95. The third kappa shape index (κ3) is 3.02. The highest BCUT2D eigenvalue weighted by Crippen LogP contribution is 2.41. The number of phenols is 2. The SMILES string of the molecule is Cc1nn(-c2ccc(N3CCCC3)nn2)c2c1C(c1ccc(O)c(O)c1)CC(=O)N2. The lowest BCUT2D eigenvalue weighted by Crippen LogP contribution is -2.25. The summed E-state index contributed by atoms with van der Waals surface area (Å²) in [6.45, 7) is 3.86. The van der Waals surface area contributed by atoms with Crippen LogP contribution in [-0.2, 0) is 4.79 Å². The summed E-state index contributed by atoms with van der Waals surface area (Å²) in [5.41, 5.74) is 2.36. The molecule has 3 aromatic rings. The fourth-order valence-electron chi connectivity index (χ4n) is 4.30. The molecule has 5 rings (SSSR count). The molecule has 4 heterocycles. The first-order chi connectivity index (χ1) is 14.5. The van der Waals surface area contributed by atoms with E-state index in [1.807, 2.05) is 19.1 Å². The van der Waals surface area contributed by atoms with Crippen LogP contribution in [0.15, 0.2) is 30.3 Å². The third-order valence-corrected chi connectivity index (χ3v) is 5.79. The molecule has 2 aromatic heterocycles. The minimum absolute atomic E-state index is 0.150. The Morgan fingerprint density at radius 3 is 2.47 bits per heavy atom. The van der Waals surface area contributed by atoms with Crippen molar-refractivity contribution in [1.29, 1.82) is 0 Å². The number of rotatable bonds is 3. The van der Waals surface area contributed by atoms with Crippen molar-refractivity contribution in [3.63, 3.8) is 0 Å². The van der Waals surface area contributed by atoms with Crippen LogP contribution in [0.4, 0.5) is 11.6 Å². The molecule has 1 aromatic carbocycles. The Labute approximate surface area is 173 Å². The number of aryl methyl sites for hydroxylation is 1. The van der Waals surface area contributed by atoms with Gasteiger partial charge in [-0.1, -0.05) is 6.07 Å². The monoisotopic (exact) mass is 406 g/mol. The van der Waals surface area contributed by atoms with Crippen LogP contribution in [0, 0.1) is 6.92 Å². The van der Waals surface area contributed by atoms with Gasteiger partial charge in [0.15, 0.2) is 23.1 Å². The molecular formula is C21H22N6O3. The fourth-order valence-corrected chi connectivity index (χ4v) is 4.30. The third-order valence-electron chi connectivity index (χ3n) is 5.79.